The minimum atomic E-state index is 0.435. The molecule has 0 heterocycles. The number of hydrogen-bond donors (Lipinski definition) is 1. The van der Waals surface area contributed by atoms with Gasteiger partial charge in [-0.15, -0.1) is 0 Å². The Morgan fingerprint density at radius 3 is 2.15 bits per heavy atom. The summed E-state index contributed by atoms with van der Waals surface area (Å²) in [5, 5.41) is 3.37. The molecule has 0 fully saturated rings. The smallest absolute Gasteiger partial charge is 0.0315 e. The second kappa shape index (κ2) is 6.71. The van der Waals surface area contributed by atoms with Gasteiger partial charge in [-0.25, -0.2) is 0 Å². The zero-order chi connectivity index (χ0) is 14.5. The summed E-state index contributed by atoms with van der Waals surface area (Å²) in [5.41, 5.74) is 5.35. The second-order valence-corrected chi connectivity index (χ2v) is 5.65. The second-order valence-electron chi connectivity index (χ2n) is 5.65. The van der Waals surface area contributed by atoms with Gasteiger partial charge in [0.25, 0.3) is 0 Å². The Bertz CT molecular complexity index is 536. The average Bonchev–Trinajstić information content (AvgIpc) is 2.49. The van der Waals surface area contributed by atoms with Crippen LogP contribution in [0.5, 0.6) is 0 Å². The molecule has 0 aliphatic carbocycles. The molecule has 2 aromatic rings. The summed E-state index contributed by atoms with van der Waals surface area (Å²) in [7, 11) is 2.03. The lowest BCUT2D eigenvalue weighted by molar-refractivity contribution is 0.577. The maximum Gasteiger partial charge on any atom is 0.0315 e. The van der Waals surface area contributed by atoms with Gasteiger partial charge in [0.15, 0.2) is 0 Å². The quantitative estimate of drug-likeness (QED) is 0.790. The van der Waals surface area contributed by atoms with Crippen molar-refractivity contribution in [1.29, 1.82) is 0 Å². The first-order valence-corrected chi connectivity index (χ1v) is 7.53. The number of hydrogen-bond acceptors (Lipinski definition) is 1. The van der Waals surface area contributed by atoms with E-state index in [-0.39, 0.29) is 0 Å². The molecule has 1 nitrogen and oxygen atoms in total. The first-order chi connectivity index (χ1) is 9.65. The van der Waals surface area contributed by atoms with Crippen molar-refractivity contribution in [2.75, 3.05) is 7.05 Å². The van der Waals surface area contributed by atoms with Crippen molar-refractivity contribution >= 4 is 0 Å². The van der Waals surface area contributed by atoms with E-state index in [0.717, 1.165) is 6.42 Å². The van der Waals surface area contributed by atoms with Crippen LogP contribution in [-0.2, 0) is 0 Å². The Hall–Kier alpha value is -1.60. The van der Waals surface area contributed by atoms with Crippen LogP contribution < -0.4 is 5.32 Å². The minimum Gasteiger partial charge on any atom is -0.313 e. The van der Waals surface area contributed by atoms with Crippen molar-refractivity contribution in [3.63, 3.8) is 0 Å². The molecule has 20 heavy (non-hydrogen) atoms. The third-order valence-corrected chi connectivity index (χ3v) is 3.96. The highest BCUT2D eigenvalue weighted by Gasteiger charge is 2.08. The molecule has 0 spiro atoms. The molecule has 0 radical (unpaired) electrons. The third kappa shape index (κ3) is 3.29. The van der Waals surface area contributed by atoms with Crippen LogP contribution in [0.1, 0.15) is 50.3 Å². The molecule has 2 aromatic carbocycles. The molecule has 1 N–H and O–H groups in total. The molecule has 1 unspecified atom stereocenters. The lowest BCUT2D eigenvalue weighted by Gasteiger charge is -2.15. The summed E-state index contributed by atoms with van der Waals surface area (Å²) in [6.07, 6.45) is 1.10. The summed E-state index contributed by atoms with van der Waals surface area (Å²) >= 11 is 0. The number of benzene rings is 2. The highest BCUT2D eigenvalue weighted by atomic mass is 14.9. The summed E-state index contributed by atoms with van der Waals surface area (Å²) < 4.78 is 0. The normalized spacial score (nSPS) is 12.7. The van der Waals surface area contributed by atoms with Crippen LogP contribution in [-0.4, -0.2) is 7.05 Å². The highest BCUT2D eigenvalue weighted by Crippen LogP contribution is 2.26. The van der Waals surface area contributed by atoms with Crippen molar-refractivity contribution < 1.29 is 0 Å². The lowest BCUT2D eigenvalue weighted by Crippen LogP contribution is -2.15. The summed E-state index contributed by atoms with van der Waals surface area (Å²) in [5.74, 6) is 0.587. The van der Waals surface area contributed by atoms with Crippen molar-refractivity contribution in [3.8, 4) is 11.1 Å². The topological polar surface area (TPSA) is 12.0 Å². The molecule has 0 amide bonds. The predicted octanol–water partition coefficient (Wildman–Crippen LogP) is 5.15. The fraction of sp³-hybridized carbons (Fsp3) is 0.368. The monoisotopic (exact) mass is 267 g/mol. The van der Waals surface area contributed by atoms with Crippen molar-refractivity contribution in [2.24, 2.45) is 0 Å². The molecule has 106 valence electrons. The summed E-state index contributed by atoms with van der Waals surface area (Å²) in [6.45, 7) is 6.67. The molecule has 1 atom stereocenters. The van der Waals surface area contributed by atoms with Crippen molar-refractivity contribution in [3.05, 3.63) is 59.7 Å². The summed E-state index contributed by atoms with van der Waals surface area (Å²) in [6, 6.07) is 18.2. The average molecular weight is 267 g/mol. The number of rotatable bonds is 5. The maximum atomic E-state index is 3.37. The van der Waals surface area contributed by atoms with Crippen LogP contribution >= 0.6 is 0 Å². The first kappa shape index (κ1) is 14.8. The zero-order valence-electron chi connectivity index (χ0n) is 13.0. The van der Waals surface area contributed by atoms with Crippen LogP contribution in [0.4, 0.5) is 0 Å². The van der Waals surface area contributed by atoms with Crippen LogP contribution in [0.2, 0.25) is 0 Å². The Labute approximate surface area is 123 Å². The lowest BCUT2D eigenvalue weighted by atomic mass is 9.96. The highest BCUT2D eigenvalue weighted by molar-refractivity contribution is 5.64. The van der Waals surface area contributed by atoms with E-state index in [1.54, 1.807) is 0 Å². The van der Waals surface area contributed by atoms with Gasteiger partial charge in [-0.05, 0) is 47.7 Å². The van der Waals surface area contributed by atoms with Gasteiger partial charge in [0.05, 0.1) is 0 Å². The Morgan fingerprint density at radius 2 is 1.60 bits per heavy atom. The third-order valence-electron chi connectivity index (χ3n) is 3.96. The number of nitrogens with one attached hydrogen (secondary N) is 1. The van der Waals surface area contributed by atoms with E-state index >= 15 is 0 Å². The van der Waals surface area contributed by atoms with Gasteiger partial charge in [-0.1, -0.05) is 63.2 Å². The first-order valence-electron chi connectivity index (χ1n) is 7.53. The van der Waals surface area contributed by atoms with Gasteiger partial charge >= 0.3 is 0 Å². The van der Waals surface area contributed by atoms with Gasteiger partial charge in [0.2, 0.25) is 0 Å². The molecule has 0 aliphatic rings. The van der Waals surface area contributed by atoms with Crippen LogP contribution in [0.25, 0.3) is 11.1 Å². The SMILES string of the molecule is CCC(NC)c1cccc(-c2ccc(C(C)C)cc2)c1. The van der Waals surface area contributed by atoms with Gasteiger partial charge in [-0.2, -0.15) is 0 Å². The van der Waals surface area contributed by atoms with Gasteiger partial charge in [-0.3, -0.25) is 0 Å². The summed E-state index contributed by atoms with van der Waals surface area (Å²) in [4.78, 5) is 0. The Balaban J connectivity index is 2.30. The fourth-order valence-corrected chi connectivity index (χ4v) is 2.60. The standard InChI is InChI=1S/C19H25N/c1-5-19(20-4)18-8-6-7-17(13-18)16-11-9-15(10-12-16)14(2)3/h6-14,19-20H,5H2,1-4H3. The molecule has 1 heteroatoms. The van der Waals surface area contributed by atoms with Gasteiger partial charge in [0.1, 0.15) is 0 Å². The molecule has 0 aliphatic heterocycles. The maximum absolute atomic E-state index is 3.37. The van der Waals surface area contributed by atoms with E-state index < -0.39 is 0 Å². The van der Waals surface area contributed by atoms with Gasteiger partial charge in [0, 0.05) is 6.04 Å². The van der Waals surface area contributed by atoms with Crippen molar-refractivity contribution in [1.82, 2.24) is 5.32 Å². The van der Waals surface area contributed by atoms with E-state index in [2.05, 4.69) is 74.6 Å². The van der Waals surface area contributed by atoms with E-state index in [4.69, 9.17) is 0 Å². The van der Waals surface area contributed by atoms with Gasteiger partial charge < -0.3 is 5.32 Å². The van der Waals surface area contributed by atoms with Crippen LogP contribution in [0.15, 0.2) is 48.5 Å². The molecule has 0 bridgehead atoms. The minimum absolute atomic E-state index is 0.435. The molecule has 0 saturated heterocycles. The van der Waals surface area contributed by atoms with E-state index in [9.17, 15) is 0 Å². The van der Waals surface area contributed by atoms with Crippen LogP contribution in [0, 0.1) is 0 Å². The fourth-order valence-electron chi connectivity index (χ4n) is 2.60. The zero-order valence-corrected chi connectivity index (χ0v) is 13.0. The van der Waals surface area contributed by atoms with E-state index in [1.807, 2.05) is 7.05 Å². The van der Waals surface area contributed by atoms with E-state index in [1.165, 1.54) is 22.3 Å². The molecule has 0 aromatic heterocycles. The molecule has 2 rings (SSSR count). The largest absolute Gasteiger partial charge is 0.313 e. The van der Waals surface area contributed by atoms with Crippen molar-refractivity contribution in [2.45, 2.75) is 39.2 Å². The Kier molecular flexibility index (Phi) is 4.97. The Morgan fingerprint density at radius 1 is 0.900 bits per heavy atom. The molecular weight excluding hydrogens is 242 g/mol. The van der Waals surface area contributed by atoms with E-state index in [0.29, 0.717) is 12.0 Å². The van der Waals surface area contributed by atoms with Crippen LogP contribution in [0.3, 0.4) is 0 Å². The molecular formula is C19H25N. The predicted molar refractivity (Wildman–Crippen MR) is 88.1 cm³/mol. The molecule has 0 saturated carbocycles.